The monoisotopic (exact) mass is 334 g/mol. The fourth-order valence-electron chi connectivity index (χ4n) is 3.66. The Balaban J connectivity index is 1.65. The molecule has 3 heterocycles. The smallest absolute Gasteiger partial charge is 0.164 e. The number of aliphatic hydroxyl groups excluding tert-OH is 3. The zero-order valence-electron chi connectivity index (χ0n) is 13.2. The highest BCUT2D eigenvalue weighted by atomic mass is 16.6. The summed E-state index contributed by atoms with van der Waals surface area (Å²) in [6.07, 6.45) is 4.14. The molecular formula is C16H22N4O4. The number of ether oxygens (including phenoxy) is 1. The molecule has 2 aromatic rings. The molecule has 2 fully saturated rings. The molecule has 0 aromatic carbocycles. The zero-order chi connectivity index (χ0) is 16.7. The van der Waals surface area contributed by atoms with Gasteiger partial charge in [0, 0.05) is 12.2 Å². The molecule has 24 heavy (non-hydrogen) atoms. The summed E-state index contributed by atoms with van der Waals surface area (Å²) in [7, 11) is 0. The van der Waals surface area contributed by atoms with E-state index in [1.165, 1.54) is 19.2 Å². The van der Waals surface area contributed by atoms with Crippen molar-refractivity contribution >= 4 is 16.9 Å². The van der Waals surface area contributed by atoms with Gasteiger partial charge >= 0.3 is 0 Å². The Morgan fingerprint density at radius 3 is 2.71 bits per heavy atom. The number of aliphatic hydroxyl groups is 3. The van der Waals surface area contributed by atoms with Gasteiger partial charge in [0.1, 0.15) is 36.1 Å². The molecule has 4 rings (SSSR count). The number of anilines is 1. The minimum Gasteiger partial charge on any atom is -0.394 e. The largest absolute Gasteiger partial charge is 0.394 e. The molecule has 0 spiro atoms. The van der Waals surface area contributed by atoms with Crippen LogP contribution in [0, 0.1) is 0 Å². The molecule has 8 heteroatoms. The van der Waals surface area contributed by atoms with E-state index in [2.05, 4.69) is 15.3 Å². The predicted octanol–water partition coefficient (Wildman–Crippen LogP) is 0.397. The van der Waals surface area contributed by atoms with E-state index < -0.39 is 24.5 Å². The number of fused-ring (bicyclic) bond motifs is 1. The number of rotatable bonds is 4. The van der Waals surface area contributed by atoms with Gasteiger partial charge in [-0.15, -0.1) is 0 Å². The Hall–Kier alpha value is -1.74. The van der Waals surface area contributed by atoms with Crippen LogP contribution in [0.3, 0.4) is 0 Å². The molecule has 1 aliphatic carbocycles. The first-order chi connectivity index (χ1) is 11.7. The van der Waals surface area contributed by atoms with Gasteiger partial charge in [-0.05, 0) is 18.9 Å². The van der Waals surface area contributed by atoms with Gasteiger partial charge in [-0.1, -0.05) is 12.8 Å². The van der Waals surface area contributed by atoms with Crippen molar-refractivity contribution in [3.8, 4) is 0 Å². The van der Waals surface area contributed by atoms with Crippen LogP contribution in [0.5, 0.6) is 0 Å². The number of aromatic nitrogens is 3. The van der Waals surface area contributed by atoms with Crippen molar-refractivity contribution in [2.45, 2.75) is 56.3 Å². The molecular weight excluding hydrogens is 312 g/mol. The average molecular weight is 334 g/mol. The van der Waals surface area contributed by atoms with E-state index in [1.54, 1.807) is 10.8 Å². The first-order valence-electron chi connectivity index (χ1n) is 8.39. The summed E-state index contributed by atoms with van der Waals surface area (Å²) in [6, 6.07) is 2.31. The lowest BCUT2D eigenvalue weighted by Crippen LogP contribution is -2.33. The summed E-state index contributed by atoms with van der Waals surface area (Å²) in [5.74, 6) is 0.775. The molecule has 0 unspecified atom stereocenters. The van der Waals surface area contributed by atoms with Crippen molar-refractivity contribution in [1.82, 2.24) is 14.5 Å². The Labute approximate surface area is 139 Å². The van der Waals surface area contributed by atoms with Crippen molar-refractivity contribution in [2.75, 3.05) is 11.9 Å². The minimum atomic E-state index is -1.13. The van der Waals surface area contributed by atoms with Crippen molar-refractivity contribution in [3.63, 3.8) is 0 Å². The third kappa shape index (κ3) is 2.55. The Kier molecular flexibility index (Phi) is 4.13. The van der Waals surface area contributed by atoms with Crippen molar-refractivity contribution < 1.29 is 20.1 Å². The van der Waals surface area contributed by atoms with E-state index in [4.69, 9.17) is 4.74 Å². The van der Waals surface area contributed by atoms with E-state index >= 15 is 0 Å². The average Bonchev–Trinajstić information content (AvgIpc) is 3.30. The molecule has 2 aliphatic rings. The molecule has 0 amide bonds. The normalized spacial score (nSPS) is 31.1. The molecule has 4 atom stereocenters. The summed E-state index contributed by atoms with van der Waals surface area (Å²) in [5, 5.41) is 33.7. The van der Waals surface area contributed by atoms with Crippen LogP contribution < -0.4 is 5.32 Å². The molecule has 1 aliphatic heterocycles. The summed E-state index contributed by atoms with van der Waals surface area (Å²) in [5.41, 5.74) is 0.625. The van der Waals surface area contributed by atoms with Crippen LogP contribution in [-0.4, -0.2) is 60.8 Å². The second kappa shape index (κ2) is 6.29. The Bertz CT molecular complexity index is 715. The Morgan fingerprint density at radius 1 is 1.21 bits per heavy atom. The van der Waals surface area contributed by atoms with Gasteiger partial charge in [-0.25, -0.2) is 9.97 Å². The van der Waals surface area contributed by atoms with Crippen LogP contribution in [0.2, 0.25) is 0 Å². The van der Waals surface area contributed by atoms with Gasteiger partial charge in [0.25, 0.3) is 0 Å². The van der Waals surface area contributed by atoms with E-state index in [-0.39, 0.29) is 6.61 Å². The van der Waals surface area contributed by atoms with Gasteiger partial charge in [0.2, 0.25) is 0 Å². The quantitative estimate of drug-likeness (QED) is 0.640. The fourth-order valence-corrected chi connectivity index (χ4v) is 3.66. The van der Waals surface area contributed by atoms with Crippen LogP contribution in [0.1, 0.15) is 31.9 Å². The highest BCUT2D eigenvalue weighted by molar-refractivity contribution is 5.87. The highest BCUT2D eigenvalue weighted by Crippen LogP contribution is 2.33. The van der Waals surface area contributed by atoms with Crippen LogP contribution in [0.4, 0.5) is 5.82 Å². The summed E-state index contributed by atoms with van der Waals surface area (Å²) < 4.78 is 7.27. The zero-order valence-corrected chi connectivity index (χ0v) is 13.2. The Morgan fingerprint density at radius 2 is 2.00 bits per heavy atom. The SMILES string of the molecule is OC[C@H]1O[C@@H](n2ccc3c(NC4CCCC4)ncnc32)[C@H](O)[C@@H]1O. The maximum absolute atomic E-state index is 10.2. The van der Waals surface area contributed by atoms with E-state index in [0.29, 0.717) is 11.7 Å². The summed E-state index contributed by atoms with van der Waals surface area (Å²) in [4.78, 5) is 8.66. The van der Waals surface area contributed by atoms with E-state index in [0.717, 1.165) is 24.0 Å². The summed E-state index contributed by atoms with van der Waals surface area (Å²) >= 11 is 0. The number of nitrogens with zero attached hydrogens (tertiary/aromatic N) is 3. The van der Waals surface area contributed by atoms with Gasteiger partial charge in [0.05, 0.1) is 12.0 Å². The molecule has 2 aromatic heterocycles. The molecule has 1 saturated heterocycles. The fraction of sp³-hybridized carbons (Fsp3) is 0.625. The number of nitrogens with one attached hydrogen (secondary N) is 1. The van der Waals surface area contributed by atoms with Gasteiger partial charge in [0.15, 0.2) is 6.23 Å². The van der Waals surface area contributed by atoms with Crippen LogP contribution >= 0.6 is 0 Å². The lowest BCUT2D eigenvalue weighted by atomic mass is 10.1. The van der Waals surface area contributed by atoms with Crippen molar-refractivity contribution in [1.29, 1.82) is 0 Å². The molecule has 1 saturated carbocycles. The highest BCUT2D eigenvalue weighted by Gasteiger charge is 2.43. The van der Waals surface area contributed by atoms with Crippen molar-refractivity contribution in [3.05, 3.63) is 18.6 Å². The lowest BCUT2D eigenvalue weighted by molar-refractivity contribution is -0.0508. The number of hydrogen-bond donors (Lipinski definition) is 4. The molecule has 130 valence electrons. The van der Waals surface area contributed by atoms with E-state index in [1.807, 2.05) is 6.07 Å². The maximum Gasteiger partial charge on any atom is 0.164 e. The third-order valence-corrected chi connectivity index (χ3v) is 5.00. The van der Waals surface area contributed by atoms with Crippen LogP contribution in [0.15, 0.2) is 18.6 Å². The van der Waals surface area contributed by atoms with E-state index in [9.17, 15) is 15.3 Å². The molecule has 0 radical (unpaired) electrons. The van der Waals surface area contributed by atoms with Gasteiger partial charge in [-0.2, -0.15) is 0 Å². The predicted molar refractivity (Wildman–Crippen MR) is 86.4 cm³/mol. The number of hydrogen-bond acceptors (Lipinski definition) is 7. The minimum absolute atomic E-state index is 0.350. The second-order valence-electron chi connectivity index (χ2n) is 6.54. The molecule has 0 bridgehead atoms. The van der Waals surface area contributed by atoms with Crippen LogP contribution in [0.25, 0.3) is 11.0 Å². The molecule has 8 nitrogen and oxygen atoms in total. The molecule has 4 N–H and O–H groups in total. The standard InChI is InChI=1S/C16H22N4O4/c21-7-11-12(22)13(23)16(24-11)20-6-5-10-14(17-8-18-15(10)20)19-9-3-1-2-4-9/h5-6,8-9,11-13,16,21-23H,1-4,7H2,(H,17,18,19)/t11-,12-,13-,16-/m1/s1. The third-order valence-electron chi connectivity index (χ3n) is 5.00. The lowest BCUT2D eigenvalue weighted by Gasteiger charge is -2.18. The second-order valence-corrected chi connectivity index (χ2v) is 6.54. The first-order valence-corrected chi connectivity index (χ1v) is 8.39. The van der Waals surface area contributed by atoms with Crippen LogP contribution in [-0.2, 0) is 4.74 Å². The summed E-state index contributed by atoms with van der Waals surface area (Å²) in [6.45, 7) is -0.350. The van der Waals surface area contributed by atoms with Gasteiger partial charge in [-0.3, -0.25) is 0 Å². The van der Waals surface area contributed by atoms with Gasteiger partial charge < -0.3 is 29.9 Å². The first kappa shape index (κ1) is 15.8. The maximum atomic E-state index is 10.2. The topological polar surface area (TPSA) is 113 Å². The van der Waals surface area contributed by atoms with Crippen molar-refractivity contribution in [2.24, 2.45) is 0 Å².